The third kappa shape index (κ3) is 4.13. The summed E-state index contributed by atoms with van der Waals surface area (Å²) in [4.78, 5) is 40.9. The van der Waals surface area contributed by atoms with Crippen LogP contribution < -0.4 is 0 Å². The summed E-state index contributed by atoms with van der Waals surface area (Å²) in [6.07, 6.45) is 0.790. The van der Waals surface area contributed by atoms with E-state index < -0.39 is 5.97 Å². The molecular weight excluding hydrogens is 396 g/mol. The van der Waals surface area contributed by atoms with Gasteiger partial charge in [0.05, 0.1) is 18.7 Å². The lowest BCUT2D eigenvalue weighted by Crippen LogP contribution is -2.49. The molecule has 2 amide bonds. The SMILES string of the molecule is COC(=O)c1cccc(C(=O)N2CCC(N3C(=O)OC(c4ccccc4)C3C)CC2)c1. The number of piperidine rings is 1. The second-order valence-corrected chi connectivity index (χ2v) is 7.96. The van der Waals surface area contributed by atoms with Crippen molar-refractivity contribution in [1.29, 1.82) is 0 Å². The van der Waals surface area contributed by atoms with Crippen LogP contribution in [0.15, 0.2) is 54.6 Å². The topological polar surface area (TPSA) is 76.2 Å². The number of benzene rings is 2. The minimum absolute atomic E-state index is 0.0293. The fourth-order valence-corrected chi connectivity index (χ4v) is 4.48. The van der Waals surface area contributed by atoms with E-state index in [1.807, 2.05) is 42.2 Å². The lowest BCUT2D eigenvalue weighted by molar-refractivity contribution is 0.0600. The van der Waals surface area contributed by atoms with E-state index in [1.165, 1.54) is 7.11 Å². The zero-order chi connectivity index (χ0) is 22.0. The lowest BCUT2D eigenvalue weighted by atomic mass is 9.98. The molecule has 2 aromatic rings. The van der Waals surface area contributed by atoms with Crippen molar-refractivity contribution in [3.05, 3.63) is 71.3 Å². The Morgan fingerprint density at radius 2 is 1.68 bits per heavy atom. The van der Waals surface area contributed by atoms with Gasteiger partial charge in [-0.2, -0.15) is 0 Å². The fraction of sp³-hybridized carbons (Fsp3) is 0.375. The van der Waals surface area contributed by atoms with Crippen LogP contribution in [0, 0.1) is 0 Å². The molecule has 7 nitrogen and oxygen atoms in total. The maximum atomic E-state index is 12.9. The van der Waals surface area contributed by atoms with Crippen LogP contribution in [-0.2, 0) is 9.47 Å². The molecule has 2 unspecified atom stereocenters. The van der Waals surface area contributed by atoms with Crippen molar-refractivity contribution >= 4 is 18.0 Å². The normalized spacial score (nSPS) is 21.7. The summed E-state index contributed by atoms with van der Waals surface area (Å²) in [6, 6.07) is 16.3. The standard InChI is InChI=1S/C24H26N2O5/c1-16-21(17-7-4-3-5-8-17)31-24(29)26(16)20-11-13-25(14-12-20)22(27)18-9-6-10-19(15-18)23(28)30-2/h3-10,15-16,20-21H,11-14H2,1-2H3. The van der Waals surface area contributed by atoms with Crippen molar-refractivity contribution in [2.75, 3.05) is 20.2 Å². The van der Waals surface area contributed by atoms with Crippen LogP contribution in [0.25, 0.3) is 0 Å². The van der Waals surface area contributed by atoms with E-state index in [2.05, 4.69) is 0 Å². The number of nitrogens with zero attached hydrogens (tertiary/aromatic N) is 2. The van der Waals surface area contributed by atoms with Crippen LogP contribution in [0.5, 0.6) is 0 Å². The summed E-state index contributed by atoms with van der Waals surface area (Å²) in [7, 11) is 1.31. The van der Waals surface area contributed by atoms with Gasteiger partial charge in [-0.25, -0.2) is 9.59 Å². The predicted molar refractivity (Wildman–Crippen MR) is 114 cm³/mol. The Hall–Kier alpha value is -3.35. The van der Waals surface area contributed by atoms with Crippen LogP contribution >= 0.6 is 0 Å². The molecule has 7 heteroatoms. The highest BCUT2D eigenvalue weighted by atomic mass is 16.6. The van der Waals surface area contributed by atoms with E-state index in [9.17, 15) is 14.4 Å². The fourth-order valence-electron chi connectivity index (χ4n) is 4.48. The average molecular weight is 422 g/mol. The first kappa shape index (κ1) is 20.9. The Balaban J connectivity index is 1.40. The number of cyclic esters (lactones) is 1. The molecule has 31 heavy (non-hydrogen) atoms. The monoisotopic (exact) mass is 422 g/mol. The Morgan fingerprint density at radius 3 is 2.35 bits per heavy atom. The summed E-state index contributed by atoms with van der Waals surface area (Å²) >= 11 is 0. The summed E-state index contributed by atoms with van der Waals surface area (Å²) < 4.78 is 10.4. The van der Waals surface area contributed by atoms with Gasteiger partial charge in [0.15, 0.2) is 0 Å². The van der Waals surface area contributed by atoms with E-state index in [1.54, 1.807) is 29.2 Å². The van der Waals surface area contributed by atoms with Gasteiger partial charge < -0.3 is 14.4 Å². The molecule has 2 heterocycles. The van der Waals surface area contributed by atoms with Crippen molar-refractivity contribution in [1.82, 2.24) is 9.80 Å². The van der Waals surface area contributed by atoms with Crippen molar-refractivity contribution in [3.8, 4) is 0 Å². The molecule has 2 aliphatic rings. The predicted octanol–water partition coefficient (Wildman–Crippen LogP) is 3.66. The van der Waals surface area contributed by atoms with Crippen molar-refractivity contribution in [3.63, 3.8) is 0 Å². The number of likely N-dealkylation sites (tertiary alicyclic amines) is 1. The maximum Gasteiger partial charge on any atom is 0.411 e. The second-order valence-electron chi connectivity index (χ2n) is 7.96. The van der Waals surface area contributed by atoms with Gasteiger partial charge in [0, 0.05) is 24.7 Å². The van der Waals surface area contributed by atoms with Crippen molar-refractivity contribution in [2.45, 2.75) is 38.0 Å². The van der Waals surface area contributed by atoms with E-state index >= 15 is 0 Å². The highest BCUT2D eigenvalue weighted by Crippen LogP contribution is 2.35. The summed E-state index contributed by atoms with van der Waals surface area (Å²) in [5.74, 6) is -0.591. The molecule has 2 saturated heterocycles. The molecule has 162 valence electrons. The number of carbonyl (C=O) groups excluding carboxylic acids is 3. The summed E-state index contributed by atoms with van der Waals surface area (Å²) in [5.41, 5.74) is 1.80. The van der Waals surface area contributed by atoms with Gasteiger partial charge in [-0.15, -0.1) is 0 Å². The molecule has 0 aromatic heterocycles. The lowest BCUT2D eigenvalue weighted by Gasteiger charge is -2.37. The molecule has 0 radical (unpaired) electrons. The molecule has 0 aliphatic carbocycles. The molecule has 0 saturated carbocycles. The molecule has 2 aliphatic heterocycles. The Labute approximate surface area is 181 Å². The van der Waals surface area contributed by atoms with Gasteiger partial charge >= 0.3 is 12.1 Å². The molecule has 2 fully saturated rings. The number of ether oxygens (including phenoxy) is 2. The smallest absolute Gasteiger partial charge is 0.411 e. The van der Waals surface area contributed by atoms with E-state index in [-0.39, 0.29) is 30.2 Å². The van der Waals surface area contributed by atoms with Gasteiger partial charge in [0.25, 0.3) is 5.91 Å². The Bertz CT molecular complexity index is 969. The number of esters is 1. The minimum atomic E-state index is -0.470. The van der Waals surface area contributed by atoms with E-state index in [0.29, 0.717) is 37.1 Å². The first-order valence-electron chi connectivity index (χ1n) is 10.5. The third-order valence-electron chi connectivity index (χ3n) is 6.12. The van der Waals surface area contributed by atoms with Crippen LogP contribution in [0.3, 0.4) is 0 Å². The largest absolute Gasteiger partial charge is 0.465 e. The first-order valence-corrected chi connectivity index (χ1v) is 10.5. The number of carbonyl (C=O) groups is 3. The van der Waals surface area contributed by atoms with Gasteiger partial charge in [0.1, 0.15) is 6.10 Å². The van der Waals surface area contributed by atoms with Gasteiger partial charge in [-0.3, -0.25) is 9.69 Å². The quantitative estimate of drug-likeness (QED) is 0.703. The van der Waals surface area contributed by atoms with E-state index in [4.69, 9.17) is 9.47 Å². The molecule has 4 rings (SSSR count). The van der Waals surface area contributed by atoms with Crippen molar-refractivity contribution < 1.29 is 23.9 Å². The molecule has 2 atom stereocenters. The number of hydrogen-bond donors (Lipinski definition) is 0. The Morgan fingerprint density at radius 1 is 1.00 bits per heavy atom. The maximum absolute atomic E-state index is 12.9. The zero-order valence-electron chi connectivity index (χ0n) is 17.7. The summed E-state index contributed by atoms with van der Waals surface area (Å²) in [6.45, 7) is 3.09. The molecule has 0 spiro atoms. The molecule has 0 N–H and O–H groups in total. The van der Waals surface area contributed by atoms with Crippen molar-refractivity contribution in [2.24, 2.45) is 0 Å². The molecule has 2 aromatic carbocycles. The number of amides is 2. The number of hydrogen-bond acceptors (Lipinski definition) is 5. The van der Waals surface area contributed by atoms with E-state index in [0.717, 1.165) is 5.56 Å². The highest BCUT2D eigenvalue weighted by Gasteiger charge is 2.44. The van der Waals surface area contributed by atoms with Crippen LogP contribution in [0.4, 0.5) is 4.79 Å². The highest BCUT2D eigenvalue weighted by molar-refractivity contribution is 5.98. The molecular formula is C24H26N2O5. The Kier molecular flexibility index (Phi) is 5.93. The van der Waals surface area contributed by atoms with Crippen LogP contribution in [0.1, 0.15) is 52.1 Å². The number of methoxy groups -OCH3 is 1. The molecule has 0 bridgehead atoms. The minimum Gasteiger partial charge on any atom is -0.465 e. The van der Waals surface area contributed by atoms with Crippen LogP contribution in [-0.4, -0.2) is 60.1 Å². The van der Waals surface area contributed by atoms with Gasteiger partial charge in [-0.1, -0.05) is 36.4 Å². The van der Waals surface area contributed by atoms with Gasteiger partial charge in [0.2, 0.25) is 0 Å². The first-order chi connectivity index (χ1) is 15.0. The van der Waals surface area contributed by atoms with Crippen LogP contribution in [0.2, 0.25) is 0 Å². The average Bonchev–Trinajstić information content (AvgIpc) is 3.12. The van der Waals surface area contributed by atoms with Gasteiger partial charge in [-0.05, 0) is 43.5 Å². The second kappa shape index (κ2) is 8.79. The third-order valence-corrected chi connectivity index (χ3v) is 6.12. The summed E-state index contributed by atoms with van der Waals surface area (Å²) in [5, 5.41) is 0. The zero-order valence-corrected chi connectivity index (χ0v) is 17.7. The number of rotatable bonds is 4.